The number of carbonyl (C=O) groups is 3. The first-order valence-corrected chi connectivity index (χ1v) is 6.10. The molecule has 6 nitrogen and oxygen atoms in total. The Morgan fingerprint density at radius 3 is 2.11 bits per heavy atom. The van der Waals surface area contributed by atoms with E-state index in [4.69, 9.17) is 14.2 Å². The van der Waals surface area contributed by atoms with Gasteiger partial charge in [-0.2, -0.15) is 0 Å². The van der Waals surface area contributed by atoms with Gasteiger partial charge in [0.1, 0.15) is 6.10 Å². The van der Waals surface area contributed by atoms with Crippen molar-refractivity contribution in [3.8, 4) is 0 Å². The van der Waals surface area contributed by atoms with E-state index in [0.29, 0.717) is 13.0 Å². The molecule has 1 aliphatic rings. The zero-order valence-corrected chi connectivity index (χ0v) is 10.6. The minimum atomic E-state index is -1.52. The van der Waals surface area contributed by atoms with Gasteiger partial charge in [-0.1, -0.05) is 0 Å². The van der Waals surface area contributed by atoms with Crippen molar-refractivity contribution in [2.75, 3.05) is 19.8 Å². The SMILES string of the molecule is CCOC(=O)C(C(=O)OCC)C(=O)[C@H]1CCCO1. The van der Waals surface area contributed by atoms with E-state index in [9.17, 15) is 14.4 Å². The Bertz CT molecular complexity index is 301. The maximum Gasteiger partial charge on any atom is 0.328 e. The lowest BCUT2D eigenvalue weighted by molar-refractivity contribution is -0.166. The van der Waals surface area contributed by atoms with Crippen LogP contribution in [0.3, 0.4) is 0 Å². The third-order valence-electron chi connectivity index (χ3n) is 2.58. The Labute approximate surface area is 106 Å². The summed E-state index contributed by atoms with van der Waals surface area (Å²) in [6, 6.07) is 0. The highest BCUT2D eigenvalue weighted by Gasteiger charge is 2.41. The zero-order chi connectivity index (χ0) is 13.5. The number of rotatable bonds is 6. The van der Waals surface area contributed by atoms with Crippen LogP contribution < -0.4 is 0 Å². The fraction of sp³-hybridized carbons (Fsp3) is 0.750. The summed E-state index contributed by atoms with van der Waals surface area (Å²) >= 11 is 0. The molecule has 0 aromatic heterocycles. The van der Waals surface area contributed by atoms with Crippen LogP contribution in [0.1, 0.15) is 26.7 Å². The first-order valence-electron chi connectivity index (χ1n) is 6.10. The van der Waals surface area contributed by atoms with Crippen LogP contribution in [0.15, 0.2) is 0 Å². The topological polar surface area (TPSA) is 78.9 Å². The first kappa shape index (κ1) is 14.6. The van der Waals surface area contributed by atoms with E-state index in [1.165, 1.54) is 0 Å². The molecule has 0 unspecified atom stereocenters. The van der Waals surface area contributed by atoms with Gasteiger partial charge in [-0.05, 0) is 26.7 Å². The summed E-state index contributed by atoms with van der Waals surface area (Å²) in [6.45, 7) is 3.89. The van der Waals surface area contributed by atoms with Gasteiger partial charge in [0.15, 0.2) is 5.78 Å². The average Bonchev–Trinajstić information content (AvgIpc) is 2.83. The van der Waals surface area contributed by atoms with E-state index in [2.05, 4.69) is 0 Å². The predicted molar refractivity (Wildman–Crippen MR) is 60.7 cm³/mol. The molecule has 1 aliphatic heterocycles. The second-order valence-electron chi connectivity index (χ2n) is 3.84. The van der Waals surface area contributed by atoms with Gasteiger partial charge in [-0.3, -0.25) is 14.4 Å². The summed E-state index contributed by atoms with van der Waals surface area (Å²) in [6.07, 6.45) is 0.562. The summed E-state index contributed by atoms with van der Waals surface area (Å²) in [7, 11) is 0. The highest BCUT2D eigenvalue weighted by molar-refractivity contribution is 6.16. The first-order chi connectivity index (χ1) is 8.61. The molecule has 6 heteroatoms. The lowest BCUT2D eigenvalue weighted by atomic mass is 9.98. The maximum atomic E-state index is 12.1. The number of ketones is 1. The molecular formula is C12H18O6. The van der Waals surface area contributed by atoms with Crippen molar-refractivity contribution in [3.63, 3.8) is 0 Å². The summed E-state index contributed by atoms with van der Waals surface area (Å²) in [4.78, 5) is 35.4. The fourth-order valence-electron chi connectivity index (χ4n) is 1.77. The van der Waals surface area contributed by atoms with Crippen LogP contribution in [0.25, 0.3) is 0 Å². The molecule has 0 radical (unpaired) electrons. The number of hydrogen-bond donors (Lipinski definition) is 0. The molecular weight excluding hydrogens is 240 g/mol. The van der Waals surface area contributed by atoms with E-state index < -0.39 is 29.7 Å². The van der Waals surface area contributed by atoms with E-state index in [-0.39, 0.29) is 13.2 Å². The van der Waals surface area contributed by atoms with Gasteiger partial charge in [0.05, 0.1) is 13.2 Å². The number of carbonyl (C=O) groups excluding carboxylic acids is 3. The van der Waals surface area contributed by atoms with Gasteiger partial charge in [-0.25, -0.2) is 0 Å². The van der Waals surface area contributed by atoms with Crippen LogP contribution in [-0.4, -0.2) is 43.6 Å². The van der Waals surface area contributed by atoms with Crippen LogP contribution in [0, 0.1) is 5.92 Å². The molecule has 0 aliphatic carbocycles. The smallest absolute Gasteiger partial charge is 0.328 e. The second kappa shape index (κ2) is 7.10. The maximum absolute atomic E-state index is 12.1. The third-order valence-corrected chi connectivity index (χ3v) is 2.58. The molecule has 0 aromatic rings. The highest BCUT2D eigenvalue weighted by atomic mass is 16.6. The van der Waals surface area contributed by atoms with Crippen LogP contribution in [0.2, 0.25) is 0 Å². The molecule has 1 atom stereocenters. The minimum Gasteiger partial charge on any atom is -0.465 e. The van der Waals surface area contributed by atoms with Crippen molar-refractivity contribution < 1.29 is 28.6 Å². The lowest BCUT2D eigenvalue weighted by Gasteiger charge is -2.16. The van der Waals surface area contributed by atoms with E-state index in [1.54, 1.807) is 13.8 Å². The van der Waals surface area contributed by atoms with Crippen molar-refractivity contribution in [1.82, 2.24) is 0 Å². The molecule has 0 amide bonds. The zero-order valence-electron chi connectivity index (χ0n) is 10.6. The van der Waals surface area contributed by atoms with Crippen molar-refractivity contribution in [1.29, 1.82) is 0 Å². The van der Waals surface area contributed by atoms with Crippen molar-refractivity contribution in [3.05, 3.63) is 0 Å². The quantitative estimate of drug-likeness (QED) is 0.509. The molecule has 102 valence electrons. The standard InChI is InChI=1S/C12H18O6/c1-3-16-11(14)9(12(15)17-4-2)10(13)8-6-5-7-18-8/h8-9H,3-7H2,1-2H3/t8-/m1/s1. The van der Waals surface area contributed by atoms with Crippen LogP contribution in [0.5, 0.6) is 0 Å². The third kappa shape index (κ3) is 3.53. The van der Waals surface area contributed by atoms with Gasteiger partial charge >= 0.3 is 11.9 Å². The van der Waals surface area contributed by atoms with Crippen LogP contribution in [-0.2, 0) is 28.6 Å². The monoisotopic (exact) mass is 258 g/mol. The number of ether oxygens (including phenoxy) is 3. The van der Waals surface area contributed by atoms with Crippen molar-refractivity contribution >= 4 is 17.7 Å². The van der Waals surface area contributed by atoms with Gasteiger partial charge in [0.25, 0.3) is 0 Å². The van der Waals surface area contributed by atoms with Gasteiger partial charge in [-0.15, -0.1) is 0 Å². The highest BCUT2D eigenvalue weighted by Crippen LogP contribution is 2.19. The predicted octanol–water partition coefficient (Wildman–Crippen LogP) is 0.477. The summed E-state index contributed by atoms with van der Waals surface area (Å²) < 4.78 is 14.7. The Kier molecular flexibility index (Phi) is 5.77. The van der Waals surface area contributed by atoms with Gasteiger partial charge < -0.3 is 14.2 Å². The Morgan fingerprint density at radius 1 is 1.17 bits per heavy atom. The molecule has 0 aromatic carbocycles. The molecule has 0 saturated carbocycles. The second-order valence-corrected chi connectivity index (χ2v) is 3.84. The summed E-state index contributed by atoms with van der Waals surface area (Å²) in [5, 5.41) is 0. The lowest BCUT2D eigenvalue weighted by Crippen LogP contribution is -2.40. The van der Waals surface area contributed by atoms with E-state index in [1.807, 2.05) is 0 Å². The van der Waals surface area contributed by atoms with E-state index >= 15 is 0 Å². The van der Waals surface area contributed by atoms with Crippen LogP contribution in [0.4, 0.5) is 0 Å². The Morgan fingerprint density at radius 2 is 1.72 bits per heavy atom. The molecule has 1 heterocycles. The Hall–Kier alpha value is -1.43. The van der Waals surface area contributed by atoms with E-state index in [0.717, 1.165) is 6.42 Å². The molecule has 0 bridgehead atoms. The summed E-state index contributed by atoms with van der Waals surface area (Å²) in [5.41, 5.74) is 0. The van der Waals surface area contributed by atoms with Gasteiger partial charge in [0.2, 0.25) is 5.92 Å². The number of esters is 2. The molecule has 18 heavy (non-hydrogen) atoms. The molecule has 1 saturated heterocycles. The normalized spacial score (nSPS) is 18.7. The largest absolute Gasteiger partial charge is 0.465 e. The average molecular weight is 258 g/mol. The molecule has 1 fully saturated rings. The molecule has 0 N–H and O–H groups in total. The summed E-state index contributed by atoms with van der Waals surface area (Å²) in [5.74, 6) is -3.81. The number of hydrogen-bond acceptors (Lipinski definition) is 6. The Balaban J connectivity index is 2.78. The van der Waals surface area contributed by atoms with Crippen molar-refractivity contribution in [2.24, 2.45) is 5.92 Å². The van der Waals surface area contributed by atoms with Crippen LogP contribution >= 0.6 is 0 Å². The number of Topliss-reactive ketones (excluding diaryl/α,β-unsaturated/α-hetero) is 1. The fourth-order valence-corrected chi connectivity index (χ4v) is 1.77. The minimum absolute atomic E-state index is 0.105. The van der Waals surface area contributed by atoms with Gasteiger partial charge in [0, 0.05) is 6.61 Å². The molecule has 0 spiro atoms. The van der Waals surface area contributed by atoms with Crippen molar-refractivity contribution in [2.45, 2.75) is 32.8 Å². The molecule has 1 rings (SSSR count).